The van der Waals surface area contributed by atoms with Gasteiger partial charge in [-0.25, -0.2) is 9.98 Å². The Balaban J connectivity index is 1.50. The van der Waals surface area contributed by atoms with Crippen LogP contribution in [0.4, 0.5) is 11.4 Å². The largest absolute Gasteiger partial charge is 0.497 e. The van der Waals surface area contributed by atoms with Crippen LogP contribution in [0.2, 0.25) is 0 Å². The Hall–Kier alpha value is -4.38. The predicted molar refractivity (Wildman–Crippen MR) is 128 cm³/mol. The van der Waals surface area contributed by atoms with Crippen molar-refractivity contribution >= 4 is 40.3 Å². The average Bonchev–Trinajstić information content (AvgIpc) is 3.19. The fraction of sp³-hybridized carbons (Fsp3) is 0.0870. The number of aliphatic imine (C=N–C) groups is 1. The van der Waals surface area contributed by atoms with Crippen LogP contribution in [-0.2, 0) is 4.79 Å². The summed E-state index contributed by atoms with van der Waals surface area (Å²) in [5, 5.41) is 14.0. The number of ether oxygens (including phenoxy) is 3. The molecule has 10 nitrogen and oxygen atoms in total. The van der Waals surface area contributed by atoms with E-state index in [1.807, 2.05) is 0 Å². The van der Waals surface area contributed by atoms with Crippen LogP contribution in [0.1, 0.15) is 5.56 Å². The molecule has 2 heterocycles. The van der Waals surface area contributed by atoms with Crippen molar-refractivity contribution in [3.05, 3.63) is 81.4 Å². The van der Waals surface area contributed by atoms with Crippen LogP contribution in [0, 0.1) is 10.1 Å². The summed E-state index contributed by atoms with van der Waals surface area (Å²) in [6, 6.07) is 15.0. The number of carbonyl (C=O) groups is 1. The van der Waals surface area contributed by atoms with Gasteiger partial charge in [-0.1, -0.05) is 6.07 Å². The van der Waals surface area contributed by atoms with Crippen LogP contribution in [-0.4, -0.2) is 35.2 Å². The molecule has 1 aliphatic heterocycles. The summed E-state index contributed by atoms with van der Waals surface area (Å²) in [7, 11) is 3.07. The third kappa shape index (κ3) is 5.33. The number of carbonyl (C=O) groups excluding carboxylic acids is 1. The molecule has 0 radical (unpaired) electrons. The summed E-state index contributed by atoms with van der Waals surface area (Å²) in [5.41, 5.74) is 1.26. The summed E-state index contributed by atoms with van der Waals surface area (Å²) in [6.45, 7) is 0. The molecule has 1 fully saturated rings. The number of methoxy groups -OCH3 is 2. The Bertz CT molecular complexity index is 1290. The van der Waals surface area contributed by atoms with E-state index >= 15 is 0 Å². The monoisotopic (exact) mass is 478 g/mol. The van der Waals surface area contributed by atoms with Crippen molar-refractivity contribution in [2.75, 3.05) is 14.2 Å². The van der Waals surface area contributed by atoms with Gasteiger partial charge in [0.1, 0.15) is 11.9 Å². The van der Waals surface area contributed by atoms with Crippen LogP contribution in [0.25, 0.3) is 6.08 Å². The number of amides is 1. The standard InChI is InChI=1S/C23H18N4O6S/c1-31-17-7-4-15(5-8-17)25-23-26-22(28)20(34-23)12-14-3-9-18(19(11-14)32-2)33-21-10-6-16(13-24-21)27(29)30/h3-13H,1-2H3,(H,25,26,28)/b20-12+. The highest BCUT2D eigenvalue weighted by Crippen LogP contribution is 2.34. The minimum absolute atomic E-state index is 0.136. The number of thioether (sulfide) groups is 1. The van der Waals surface area contributed by atoms with E-state index in [0.29, 0.717) is 32.8 Å². The third-order valence-electron chi connectivity index (χ3n) is 4.59. The highest BCUT2D eigenvalue weighted by atomic mass is 32.2. The van der Waals surface area contributed by atoms with Crippen molar-refractivity contribution in [2.24, 2.45) is 4.99 Å². The number of amidine groups is 1. The highest BCUT2D eigenvalue weighted by Gasteiger charge is 2.24. The Morgan fingerprint density at radius 3 is 2.50 bits per heavy atom. The van der Waals surface area contributed by atoms with Gasteiger partial charge in [0.25, 0.3) is 11.6 Å². The number of hydrogen-bond acceptors (Lipinski definition) is 9. The normalized spacial score (nSPS) is 15.3. The Kier molecular flexibility index (Phi) is 6.74. The molecular formula is C23H18N4O6S. The Morgan fingerprint density at radius 1 is 1.06 bits per heavy atom. The van der Waals surface area contributed by atoms with Crippen LogP contribution in [0.5, 0.6) is 23.1 Å². The first-order valence-electron chi connectivity index (χ1n) is 9.85. The van der Waals surface area contributed by atoms with E-state index in [4.69, 9.17) is 14.2 Å². The van der Waals surface area contributed by atoms with Crippen molar-refractivity contribution < 1.29 is 23.9 Å². The van der Waals surface area contributed by atoms with Gasteiger partial charge in [0.05, 0.1) is 29.7 Å². The number of nitrogens with zero attached hydrogens (tertiary/aromatic N) is 3. The van der Waals surface area contributed by atoms with Crippen LogP contribution < -0.4 is 19.5 Å². The molecule has 1 aromatic heterocycles. The zero-order chi connectivity index (χ0) is 24.1. The molecule has 0 unspecified atom stereocenters. The average molecular weight is 478 g/mol. The van der Waals surface area contributed by atoms with E-state index < -0.39 is 4.92 Å². The van der Waals surface area contributed by atoms with Gasteiger partial charge in [0.15, 0.2) is 16.7 Å². The molecule has 4 rings (SSSR count). The van der Waals surface area contributed by atoms with Gasteiger partial charge in [0.2, 0.25) is 5.88 Å². The molecule has 0 aliphatic carbocycles. The van der Waals surface area contributed by atoms with E-state index in [2.05, 4.69) is 15.3 Å². The third-order valence-corrected chi connectivity index (χ3v) is 5.50. The Morgan fingerprint density at radius 2 is 1.85 bits per heavy atom. The maximum absolute atomic E-state index is 12.4. The first-order chi connectivity index (χ1) is 16.4. The number of rotatable bonds is 7. The molecule has 0 saturated carbocycles. The molecule has 0 bridgehead atoms. The molecule has 34 heavy (non-hydrogen) atoms. The van der Waals surface area contributed by atoms with Gasteiger partial charge in [-0.3, -0.25) is 14.9 Å². The van der Waals surface area contributed by atoms with Crippen LogP contribution in [0.3, 0.4) is 0 Å². The lowest BCUT2D eigenvalue weighted by atomic mass is 10.2. The molecule has 1 saturated heterocycles. The van der Waals surface area contributed by atoms with Crippen molar-refractivity contribution in [2.45, 2.75) is 0 Å². The number of hydrogen-bond donors (Lipinski definition) is 1. The zero-order valence-corrected chi connectivity index (χ0v) is 18.9. The van der Waals surface area contributed by atoms with E-state index in [1.54, 1.807) is 55.7 Å². The van der Waals surface area contributed by atoms with Crippen molar-refractivity contribution in [3.63, 3.8) is 0 Å². The van der Waals surface area contributed by atoms with Gasteiger partial charge < -0.3 is 19.5 Å². The van der Waals surface area contributed by atoms with Gasteiger partial charge in [-0.15, -0.1) is 0 Å². The fourth-order valence-corrected chi connectivity index (χ4v) is 3.76. The molecule has 2 aromatic carbocycles. The van der Waals surface area contributed by atoms with E-state index in [0.717, 1.165) is 11.9 Å². The number of nitro groups is 1. The Labute approximate surface area is 198 Å². The van der Waals surface area contributed by atoms with Gasteiger partial charge in [-0.05, 0) is 59.8 Å². The molecule has 172 valence electrons. The SMILES string of the molecule is COc1ccc(N=C2NC(=O)/C(=C\c3ccc(Oc4ccc([N+](=O)[O-])cn4)c(OC)c3)S2)cc1. The second-order valence-electron chi connectivity index (χ2n) is 6.80. The first kappa shape index (κ1) is 22.8. The molecule has 1 aliphatic rings. The van der Waals surface area contributed by atoms with E-state index in [9.17, 15) is 14.9 Å². The maximum Gasteiger partial charge on any atom is 0.287 e. The van der Waals surface area contributed by atoms with Crippen LogP contribution >= 0.6 is 11.8 Å². The summed E-state index contributed by atoms with van der Waals surface area (Å²) >= 11 is 1.22. The van der Waals surface area contributed by atoms with Crippen molar-refractivity contribution in [1.82, 2.24) is 10.3 Å². The predicted octanol–water partition coefficient (Wildman–Crippen LogP) is 4.69. The number of aromatic nitrogens is 1. The molecule has 0 spiro atoms. The number of benzene rings is 2. The maximum atomic E-state index is 12.4. The summed E-state index contributed by atoms with van der Waals surface area (Å²) in [6.07, 6.45) is 2.83. The summed E-state index contributed by atoms with van der Waals surface area (Å²) in [4.78, 5) is 31.5. The van der Waals surface area contributed by atoms with Gasteiger partial charge in [-0.2, -0.15) is 0 Å². The second-order valence-corrected chi connectivity index (χ2v) is 7.83. The minimum atomic E-state index is -0.538. The summed E-state index contributed by atoms with van der Waals surface area (Å²) in [5.74, 6) is 1.42. The second kappa shape index (κ2) is 10.0. The fourth-order valence-electron chi connectivity index (χ4n) is 2.92. The molecular weight excluding hydrogens is 460 g/mol. The lowest BCUT2D eigenvalue weighted by Crippen LogP contribution is -2.19. The smallest absolute Gasteiger partial charge is 0.287 e. The van der Waals surface area contributed by atoms with E-state index in [1.165, 1.54) is 31.0 Å². The molecule has 1 amide bonds. The molecule has 0 atom stereocenters. The van der Waals surface area contributed by atoms with Crippen LogP contribution in [0.15, 0.2) is 70.7 Å². The molecule has 11 heteroatoms. The zero-order valence-electron chi connectivity index (χ0n) is 18.1. The molecule has 3 aromatic rings. The van der Waals surface area contributed by atoms with Gasteiger partial charge >= 0.3 is 0 Å². The number of pyridine rings is 1. The minimum Gasteiger partial charge on any atom is -0.497 e. The number of nitrogens with one attached hydrogen (secondary N) is 1. The highest BCUT2D eigenvalue weighted by molar-refractivity contribution is 8.18. The van der Waals surface area contributed by atoms with Crippen molar-refractivity contribution in [3.8, 4) is 23.1 Å². The first-order valence-corrected chi connectivity index (χ1v) is 10.7. The lowest BCUT2D eigenvalue weighted by molar-refractivity contribution is -0.385. The summed E-state index contributed by atoms with van der Waals surface area (Å²) < 4.78 is 16.2. The van der Waals surface area contributed by atoms with Gasteiger partial charge in [0, 0.05) is 12.1 Å². The lowest BCUT2D eigenvalue weighted by Gasteiger charge is -2.10. The topological polar surface area (TPSA) is 125 Å². The molecule has 1 N–H and O–H groups in total. The van der Waals surface area contributed by atoms with E-state index in [-0.39, 0.29) is 17.5 Å². The van der Waals surface area contributed by atoms with Crippen molar-refractivity contribution in [1.29, 1.82) is 0 Å². The quantitative estimate of drug-likeness (QED) is 0.294.